The zero-order chi connectivity index (χ0) is 25.9. The first kappa shape index (κ1) is 24.0. The Morgan fingerprint density at radius 1 is 0.711 bits per heavy atom. The molecule has 0 amide bonds. The maximum atomic E-state index is 5.52. The maximum Gasteiger partial charge on any atom is 0.119 e. The highest BCUT2D eigenvalue weighted by Gasteiger charge is 2.13. The molecule has 5 nitrogen and oxygen atoms in total. The van der Waals surface area contributed by atoms with Crippen molar-refractivity contribution < 1.29 is 4.74 Å². The molecule has 0 saturated carbocycles. The number of ether oxygens (including phenoxy) is 1. The minimum atomic E-state index is 0.822. The smallest absolute Gasteiger partial charge is 0.119 e. The SMILES string of the molecule is CCCCCCc1c2nc(cc3ccc([nH]3)c(-c3cccc(OC)c3)c3ccc(cc4nc1C=C4)[nH]3)C=C2. The van der Waals surface area contributed by atoms with Crippen LogP contribution in [-0.4, -0.2) is 27.0 Å². The lowest BCUT2D eigenvalue weighted by molar-refractivity contribution is 0.415. The van der Waals surface area contributed by atoms with E-state index < -0.39 is 0 Å². The molecule has 5 heteroatoms. The van der Waals surface area contributed by atoms with Gasteiger partial charge in [0.05, 0.1) is 29.9 Å². The summed E-state index contributed by atoms with van der Waals surface area (Å²) in [6, 6.07) is 20.8. The number of rotatable bonds is 7. The van der Waals surface area contributed by atoms with Crippen molar-refractivity contribution in [3.63, 3.8) is 0 Å². The minimum Gasteiger partial charge on any atom is -0.497 e. The van der Waals surface area contributed by atoms with E-state index >= 15 is 0 Å². The van der Waals surface area contributed by atoms with Gasteiger partial charge >= 0.3 is 0 Å². The predicted molar refractivity (Wildman–Crippen MR) is 159 cm³/mol. The molecule has 5 heterocycles. The van der Waals surface area contributed by atoms with Gasteiger partial charge in [-0.1, -0.05) is 38.3 Å². The first-order valence-corrected chi connectivity index (χ1v) is 13.4. The standard InChI is InChI=1S/C33H32N4O/c1-3-4-5-6-10-28-29-15-11-23(34-29)20-25-13-17-31(36-25)33(22-8-7-9-27(19-22)38-2)32-18-14-26(37-32)21-24-12-16-30(28)35-24/h7-9,11-21,36-37H,3-6,10H2,1-2H3. The van der Waals surface area contributed by atoms with Crippen molar-refractivity contribution in [2.45, 2.75) is 39.0 Å². The van der Waals surface area contributed by atoms with E-state index in [1.54, 1.807) is 7.11 Å². The number of H-pyrrole nitrogens is 2. The predicted octanol–water partition coefficient (Wildman–Crippen LogP) is 8.45. The molecule has 2 aliphatic rings. The van der Waals surface area contributed by atoms with E-state index in [0.29, 0.717) is 0 Å². The summed E-state index contributed by atoms with van der Waals surface area (Å²) in [4.78, 5) is 17.2. The lowest BCUT2D eigenvalue weighted by Gasteiger charge is -2.05. The van der Waals surface area contributed by atoms with Gasteiger partial charge in [0, 0.05) is 33.2 Å². The molecule has 6 rings (SSSR count). The molecule has 38 heavy (non-hydrogen) atoms. The topological polar surface area (TPSA) is 66.6 Å². The van der Waals surface area contributed by atoms with Crippen LogP contribution in [0.3, 0.4) is 0 Å². The summed E-state index contributed by atoms with van der Waals surface area (Å²) in [5.41, 5.74) is 11.3. The number of aromatic nitrogens is 4. The summed E-state index contributed by atoms with van der Waals surface area (Å²) >= 11 is 0. The highest BCUT2D eigenvalue weighted by atomic mass is 16.5. The van der Waals surface area contributed by atoms with Crippen LogP contribution >= 0.6 is 0 Å². The van der Waals surface area contributed by atoms with Crippen molar-refractivity contribution in [2.24, 2.45) is 0 Å². The molecule has 0 aliphatic carbocycles. The average molecular weight is 501 g/mol. The molecule has 0 radical (unpaired) electrons. The fraction of sp³-hybridized carbons (Fsp3) is 0.212. The number of methoxy groups -OCH3 is 1. The Morgan fingerprint density at radius 2 is 1.37 bits per heavy atom. The third kappa shape index (κ3) is 4.92. The van der Waals surface area contributed by atoms with Crippen molar-refractivity contribution in [3.05, 3.63) is 89.0 Å². The third-order valence-electron chi connectivity index (χ3n) is 7.14. The monoisotopic (exact) mass is 500 g/mol. The fourth-order valence-electron chi connectivity index (χ4n) is 5.21. The number of fused-ring (bicyclic) bond motifs is 8. The van der Waals surface area contributed by atoms with Crippen LogP contribution in [0.2, 0.25) is 0 Å². The highest BCUT2D eigenvalue weighted by molar-refractivity contribution is 5.94. The van der Waals surface area contributed by atoms with Gasteiger partial charge in [-0.05, 0) is 91.2 Å². The van der Waals surface area contributed by atoms with Gasteiger partial charge in [-0.25, -0.2) is 9.97 Å². The van der Waals surface area contributed by atoms with Crippen LogP contribution in [0.5, 0.6) is 5.75 Å². The van der Waals surface area contributed by atoms with Crippen molar-refractivity contribution in [3.8, 4) is 16.9 Å². The average Bonchev–Trinajstić information content (AvgIpc) is 3.74. The molecule has 0 fully saturated rings. The molecule has 4 aromatic rings. The molecule has 2 aliphatic heterocycles. The lowest BCUT2D eigenvalue weighted by Crippen LogP contribution is -1.95. The molecule has 3 aromatic heterocycles. The Labute approximate surface area is 223 Å². The zero-order valence-electron chi connectivity index (χ0n) is 21.9. The van der Waals surface area contributed by atoms with Gasteiger partial charge in [-0.3, -0.25) is 0 Å². The number of aromatic amines is 2. The highest BCUT2D eigenvalue weighted by Crippen LogP contribution is 2.31. The zero-order valence-corrected chi connectivity index (χ0v) is 21.9. The van der Waals surface area contributed by atoms with E-state index in [1.807, 2.05) is 12.1 Å². The van der Waals surface area contributed by atoms with Gasteiger partial charge in [0.25, 0.3) is 0 Å². The molecule has 1 aromatic carbocycles. The van der Waals surface area contributed by atoms with Gasteiger partial charge < -0.3 is 14.7 Å². The molecule has 0 atom stereocenters. The quantitative estimate of drug-likeness (QED) is 0.216. The first-order chi connectivity index (χ1) is 18.7. The first-order valence-electron chi connectivity index (χ1n) is 13.4. The second-order valence-corrected chi connectivity index (χ2v) is 9.85. The van der Waals surface area contributed by atoms with Crippen LogP contribution in [0.25, 0.3) is 57.5 Å². The second-order valence-electron chi connectivity index (χ2n) is 9.85. The Bertz CT molecular complexity index is 1610. The normalized spacial score (nSPS) is 12.3. The van der Waals surface area contributed by atoms with E-state index in [4.69, 9.17) is 14.7 Å². The summed E-state index contributed by atoms with van der Waals surface area (Å²) in [5.74, 6) is 0.822. The molecular formula is C33H32N4O. The Balaban J connectivity index is 1.60. The van der Waals surface area contributed by atoms with E-state index in [9.17, 15) is 0 Å². The van der Waals surface area contributed by atoms with Crippen molar-refractivity contribution >= 4 is 46.4 Å². The Hall–Kier alpha value is -4.38. The number of unbranched alkanes of at least 4 members (excludes halogenated alkanes) is 3. The summed E-state index contributed by atoms with van der Waals surface area (Å²) in [5, 5.41) is 0. The second kappa shape index (κ2) is 10.5. The van der Waals surface area contributed by atoms with E-state index in [-0.39, 0.29) is 0 Å². The number of hydrogen-bond donors (Lipinski definition) is 2. The van der Waals surface area contributed by atoms with Gasteiger partial charge in [0.2, 0.25) is 0 Å². The van der Waals surface area contributed by atoms with E-state index in [0.717, 1.165) is 74.6 Å². The van der Waals surface area contributed by atoms with Gasteiger partial charge in [0.1, 0.15) is 5.75 Å². The van der Waals surface area contributed by atoms with Crippen LogP contribution in [-0.2, 0) is 6.42 Å². The van der Waals surface area contributed by atoms with Crippen LogP contribution in [0.4, 0.5) is 0 Å². The van der Waals surface area contributed by atoms with E-state index in [1.165, 1.54) is 24.8 Å². The third-order valence-corrected chi connectivity index (χ3v) is 7.14. The summed E-state index contributed by atoms with van der Waals surface area (Å²) < 4.78 is 5.52. The van der Waals surface area contributed by atoms with E-state index in [2.05, 4.69) is 89.7 Å². The molecule has 0 unspecified atom stereocenters. The number of hydrogen-bond acceptors (Lipinski definition) is 3. The maximum absolute atomic E-state index is 5.52. The molecular weight excluding hydrogens is 468 g/mol. The number of benzene rings is 1. The van der Waals surface area contributed by atoms with Crippen molar-refractivity contribution in [2.75, 3.05) is 7.11 Å². The largest absolute Gasteiger partial charge is 0.497 e. The van der Waals surface area contributed by atoms with Gasteiger partial charge in [0.15, 0.2) is 0 Å². The van der Waals surface area contributed by atoms with Gasteiger partial charge in [-0.2, -0.15) is 0 Å². The summed E-state index contributed by atoms with van der Waals surface area (Å²) in [6.07, 6.45) is 14.3. The molecule has 0 spiro atoms. The summed E-state index contributed by atoms with van der Waals surface area (Å²) in [7, 11) is 1.70. The van der Waals surface area contributed by atoms with Crippen LogP contribution < -0.4 is 4.74 Å². The number of nitrogens with zero attached hydrogens (tertiary/aromatic N) is 2. The van der Waals surface area contributed by atoms with Gasteiger partial charge in [-0.15, -0.1) is 0 Å². The summed E-state index contributed by atoms with van der Waals surface area (Å²) in [6.45, 7) is 2.25. The Kier molecular flexibility index (Phi) is 6.65. The fourth-order valence-corrected chi connectivity index (χ4v) is 5.21. The van der Waals surface area contributed by atoms with Crippen LogP contribution in [0.1, 0.15) is 60.9 Å². The molecule has 190 valence electrons. The Morgan fingerprint density at radius 3 is 1.97 bits per heavy atom. The van der Waals surface area contributed by atoms with Crippen LogP contribution in [0, 0.1) is 0 Å². The minimum absolute atomic E-state index is 0.822. The molecule has 0 saturated heterocycles. The number of nitrogens with one attached hydrogen (secondary N) is 2. The lowest BCUT2D eigenvalue weighted by atomic mass is 10.0. The molecule has 2 N–H and O–H groups in total. The molecule has 8 bridgehead atoms. The van der Waals surface area contributed by atoms with Crippen molar-refractivity contribution in [1.82, 2.24) is 19.9 Å². The van der Waals surface area contributed by atoms with Crippen molar-refractivity contribution in [1.29, 1.82) is 0 Å². The van der Waals surface area contributed by atoms with Crippen LogP contribution in [0.15, 0.2) is 60.7 Å².